The van der Waals surface area contributed by atoms with Crippen LogP contribution in [-0.2, 0) is 0 Å². The first-order chi connectivity index (χ1) is 15.4. The van der Waals surface area contributed by atoms with Gasteiger partial charge in [0.15, 0.2) is 17.4 Å². The highest BCUT2D eigenvalue weighted by Gasteiger charge is 2.34. The van der Waals surface area contributed by atoms with Gasteiger partial charge in [-0.25, -0.2) is 19.3 Å². The zero-order chi connectivity index (χ0) is 23.0. The lowest BCUT2D eigenvalue weighted by molar-refractivity contribution is 0.0607. The van der Waals surface area contributed by atoms with Crippen LogP contribution in [-0.4, -0.2) is 58.5 Å². The van der Waals surface area contributed by atoms with Crippen LogP contribution in [0.3, 0.4) is 0 Å². The summed E-state index contributed by atoms with van der Waals surface area (Å²) in [6, 6.07) is 5.90. The number of carbonyl (C=O) groups is 1. The van der Waals surface area contributed by atoms with E-state index in [9.17, 15) is 14.4 Å². The van der Waals surface area contributed by atoms with Crippen LogP contribution in [0.25, 0.3) is 10.9 Å². The van der Waals surface area contributed by atoms with E-state index in [2.05, 4.69) is 15.0 Å². The Morgan fingerprint density at radius 3 is 2.75 bits per heavy atom. The minimum absolute atomic E-state index is 0.0173. The normalized spacial score (nSPS) is 13.5. The highest BCUT2D eigenvalue weighted by molar-refractivity contribution is 6.10. The number of aromatic nitrogens is 3. The number of benzene rings is 1. The Kier molecular flexibility index (Phi) is 5.46. The van der Waals surface area contributed by atoms with Gasteiger partial charge in [-0.3, -0.25) is 4.79 Å². The number of nitrogens with two attached hydrogens (primary N) is 2. The number of nitrogens with zero attached hydrogens (tertiary/aromatic N) is 6. The van der Waals surface area contributed by atoms with Crippen molar-refractivity contribution in [2.75, 3.05) is 37.4 Å². The Labute approximate surface area is 183 Å². The molecule has 3 aromatic rings. The predicted molar refractivity (Wildman–Crippen MR) is 116 cm³/mol. The fourth-order valence-corrected chi connectivity index (χ4v) is 3.73. The van der Waals surface area contributed by atoms with Crippen molar-refractivity contribution in [2.24, 2.45) is 5.73 Å². The molecular formula is C21H21FN8O2. The van der Waals surface area contributed by atoms with Crippen molar-refractivity contribution in [1.82, 2.24) is 19.9 Å². The van der Waals surface area contributed by atoms with Gasteiger partial charge < -0.3 is 26.0 Å². The molecule has 1 fully saturated rings. The van der Waals surface area contributed by atoms with Crippen LogP contribution >= 0.6 is 0 Å². The van der Waals surface area contributed by atoms with Crippen LogP contribution in [0, 0.1) is 17.1 Å². The predicted octanol–water partition coefficient (Wildman–Crippen LogP) is 1.57. The Balaban J connectivity index is 2.00. The van der Waals surface area contributed by atoms with Crippen molar-refractivity contribution in [3.63, 3.8) is 0 Å². The molecule has 0 bridgehead atoms. The van der Waals surface area contributed by atoms with Crippen molar-refractivity contribution in [3.05, 3.63) is 41.5 Å². The maximum atomic E-state index is 14.1. The molecule has 4 rings (SSSR count). The summed E-state index contributed by atoms with van der Waals surface area (Å²) in [4.78, 5) is 29.3. The average Bonchev–Trinajstić information content (AvgIpc) is 2.76. The van der Waals surface area contributed by atoms with Gasteiger partial charge in [0, 0.05) is 31.1 Å². The molecule has 0 aliphatic carbocycles. The third kappa shape index (κ3) is 3.40. The molecule has 4 N–H and O–H groups in total. The second-order valence-corrected chi connectivity index (χ2v) is 7.29. The number of nitrogen functional groups attached to an aromatic ring is 1. The number of hydrogen-bond acceptors (Lipinski definition) is 9. The van der Waals surface area contributed by atoms with Crippen LogP contribution in [0.4, 0.5) is 21.8 Å². The molecule has 0 saturated carbocycles. The minimum atomic E-state index is -0.508. The van der Waals surface area contributed by atoms with Gasteiger partial charge in [0.1, 0.15) is 29.6 Å². The highest BCUT2D eigenvalue weighted by Crippen LogP contribution is 2.40. The molecule has 0 unspecified atom stereocenters. The number of anilines is 3. The molecule has 1 aromatic carbocycles. The SMILES string of the molecule is CCN(c1ncnc(N)c1C#N)c1nc2ccc(F)cc2c(C(=O)N2CC(N)C2)c1OC. The molecule has 10 nitrogen and oxygen atoms in total. The molecule has 1 aliphatic heterocycles. The van der Waals surface area contributed by atoms with Gasteiger partial charge in [-0.05, 0) is 25.1 Å². The van der Waals surface area contributed by atoms with Gasteiger partial charge in [0.05, 0.1) is 18.2 Å². The second kappa shape index (κ2) is 8.24. The number of carbonyl (C=O) groups excluding carboxylic acids is 1. The summed E-state index contributed by atoms with van der Waals surface area (Å²) in [5.74, 6) is -0.233. The standard InChI is InChI=1S/C21H21FN8O2/c1-3-30(19-14(7-23)18(25)26-10-27-19)20-17(32-2)16(21(31)29-8-12(24)9-29)13-6-11(22)4-5-15(13)28-20/h4-6,10,12H,3,8-9,24H2,1-2H3,(H2,25,26,27). The van der Waals surface area contributed by atoms with E-state index >= 15 is 0 Å². The average molecular weight is 436 g/mol. The highest BCUT2D eigenvalue weighted by atomic mass is 19.1. The fourth-order valence-electron chi connectivity index (χ4n) is 3.73. The lowest BCUT2D eigenvalue weighted by Gasteiger charge is -2.37. The molecule has 2 aromatic heterocycles. The smallest absolute Gasteiger partial charge is 0.258 e. The van der Waals surface area contributed by atoms with Crippen molar-refractivity contribution >= 4 is 34.3 Å². The van der Waals surface area contributed by atoms with Crippen molar-refractivity contribution in [1.29, 1.82) is 5.26 Å². The zero-order valence-electron chi connectivity index (χ0n) is 17.5. The summed E-state index contributed by atoms with van der Waals surface area (Å²) < 4.78 is 19.8. The first kappa shape index (κ1) is 21.2. The number of rotatable bonds is 5. The lowest BCUT2D eigenvalue weighted by atomic mass is 10.0. The van der Waals surface area contributed by atoms with E-state index in [0.717, 1.165) is 0 Å². The summed E-state index contributed by atoms with van der Waals surface area (Å²) in [6.45, 7) is 2.92. The van der Waals surface area contributed by atoms with Gasteiger partial charge in [0.2, 0.25) is 0 Å². The molecule has 0 radical (unpaired) electrons. The summed E-state index contributed by atoms with van der Waals surface area (Å²) in [6.07, 6.45) is 1.24. The van der Waals surface area contributed by atoms with Crippen molar-refractivity contribution in [3.8, 4) is 11.8 Å². The topological polar surface area (TPSA) is 147 Å². The summed E-state index contributed by atoms with van der Waals surface area (Å²) >= 11 is 0. The Morgan fingerprint density at radius 2 is 2.12 bits per heavy atom. The maximum absolute atomic E-state index is 14.1. The molecule has 0 atom stereocenters. The van der Waals surface area contributed by atoms with Gasteiger partial charge in [-0.15, -0.1) is 0 Å². The summed E-state index contributed by atoms with van der Waals surface area (Å²) in [7, 11) is 1.40. The molecule has 1 aliphatic rings. The number of ether oxygens (including phenoxy) is 1. The lowest BCUT2D eigenvalue weighted by Crippen LogP contribution is -2.57. The molecular weight excluding hydrogens is 415 g/mol. The van der Waals surface area contributed by atoms with Crippen LogP contribution in [0.15, 0.2) is 24.5 Å². The number of likely N-dealkylation sites (tertiary alicyclic amines) is 1. The third-order valence-corrected chi connectivity index (χ3v) is 5.30. The Hall–Kier alpha value is -4.04. The minimum Gasteiger partial charge on any atom is -0.492 e. The largest absolute Gasteiger partial charge is 0.492 e. The van der Waals surface area contributed by atoms with Crippen LogP contribution in [0.5, 0.6) is 5.75 Å². The van der Waals surface area contributed by atoms with Crippen LogP contribution in [0.2, 0.25) is 0 Å². The molecule has 1 amide bonds. The van der Waals surface area contributed by atoms with Crippen LogP contribution < -0.4 is 21.1 Å². The van der Waals surface area contributed by atoms with E-state index in [0.29, 0.717) is 30.5 Å². The first-order valence-corrected chi connectivity index (χ1v) is 9.89. The van der Waals surface area contributed by atoms with Gasteiger partial charge in [0.25, 0.3) is 5.91 Å². The number of amides is 1. The molecule has 1 saturated heterocycles. The van der Waals surface area contributed by atoms with Gasteiger partial charge >= 0.3 is 0 Å². The Bertz CT molecular complexity index is 1250. The van der Waals surface area contributed by atoms with Crippen molar-refractivity contribution in [2.45, 2.75) is 13.0 Å². The number of fused-ring (bicyclic) bond motifs is 1. The molecule has 0 spiro atoms. The first-order valence-electron chi connectivity index (χ1n) is 9.89. The number of methoxy groups -OCH3 is 1. The van der Waals surface area contributed by atoms with E-state index in [1.165, 1.54) is 31.6 Å². The second-order valence-electron chi connectivity index (χ2n) is 7.29. The number of nitriles is 1. The number of halogens is 1. The zero-order valence-corrected chi connectivity index (χ0v) is 17.5. The van der Waals surface area contributed by atoms with Gasteiger partial charge in [-0.1, -0.05) is 0 Å². The summed E-state index contributed by atoms with van der Waals surface area (Å²) in [5, 5.41) is 9.91. The molecule has 32 heavy (non-hydrogen) atoms. The van der Waals surface area contributed by atoms with Gasteiger partial charge in [-0.2, -0.15) is 5.26 Å². The van der Waals surface area contributed by atoms with E-state index < -0.39 is 5.82 Å². The van der Waals surface area contributed by atoms with E-state index in [1.807, 2.05) is 13.0 Å². The molecule has 3 heterocycles. The third-order valence-electron chi connectivity index (χ3n) is 5.30. The monoisotopic (exact) mass is 436 g/mol. The fraction of sp³-hybridized carbons (Fsp3) is 0.286. The summed E-state index contributed by atoms with van der Waals surface area (Å²) in [5.41, 5.74) is 12.3. The van der Waals surface area contributed by atoms with E-state index in [4.69, 9.17) is 16.2 Å². The van der Waals surface area contributed by atoms with Crippen molar-refractivity contribution < 1.29 is 13.9 Å². The number of hydrogen-bond donors (Lipinski definition) is 2. The Morgan fingerprint density at radius 1 is 1.38 bits per heavy atom. The number of pyridine rings is 1. The van der Waals surface area contributed by atoms with E-state index in [-0.39, 0.29) is 46.3 Å². The molecule has 11 heteroatoms. The van der Waals surface area contributed by atoms with Crippen LogP contribution in [0.1, 0.15) is 22.8 Å². The quantitative estimate of drug-likeness (QED) is 0.608. The maximum Gasteiger partial charge on any atom is 0.258 e. The molecule has 164 valence electrons. The van der Waals surface area contributed by atoms with E-state index in [1.54, 1.807) is 9.80 Å².